The van der Waals surface area contributed by atoms with E-state index in [1.807, 2.05) is 31.2 Å². The van der Waals surface area contributed by atoms with Crippen LogP contribution < -0.4 is 15.2 Å². The molecule has 1 aliphatic heterocycles. The highest BCUT2D eigenvalue weighted by Gasteiger charge is 2.05. The average Bonchev–Trinajstić information content (AvgIpc) is 2.30. The molecule has 0 fully saturated rings. The van der Waals surface area contributed by atoms with Gasteiger partial charge in [-0.2, -0.15) is 0 Å². The number of benzene rings is 1. The van der Waals surface area contributed by atoms with Crippen LogP contribution in [0.15, 0.2) is 30.9 Å². The summed E-state index contributed by atoms with van der Waals surface area (Å²) in [6, 6.07) is 4.10. The summed E-state index contributed by atoms with van der Waals surface area (Å²) in [5.74, 6) is 0.955. The lowest BCUT2D eigenvalue weighted by atomic mass is 10.1. The number of rotatable bonds is 1. The van der Waals surface area contributed by atoms with Gasteiger partial charge >= 0.3 is 0 Å². The van der Waals surface area contributed by atoms with Gasteiger partial charge in [0, 0.05) is 5.56 Å². The summed E-state index contributed by atoms with van der Waals surface area (Å²) in [6.07, 6.45) is 10.1. The molecule has 0 amide bonds. The molecule has 1 nitrogen and oxygen atoms in total. The third kappa shape index (κ3) is 1.73. The zero-order chi connectivity index (χ0) is 10.7. The molecule has 1 aromatic rings. The predicted octanol–water partition coefficient (Wildman–Crippen LogP) is 1.86. The Morgan fingerprint density at radius 3 is 3.00 bits per heavy atom. The maximum atomic E-state index is 5.55. The standard InChI is InChI=1S/C14H14O/c1-3-6-12-11(4-2)8-9-14-13(12)7-5-10-15-14/h3-9H,1,10H2,2H3/b11-4-,12-6+. The lowest BCUT2D eigenvalue weighted by molar-refractivity contribution is 0.358. The summed E-state index contributed by atoms with van der Waals surface area (Å²) in [6.45, 7) is 6.45. The molecule has 0 N–H and O–H groups in total. The number of ether oxygens (including phenoxy) is 1. The third-order valence-corrected chi connectivity index (χ3v) is 2.50. The Hall–Kier alpha value is -1.76. The zero-order valence-corrected chi connectivity index (χ0v) is 8.86. The molecular weight excluding hydrogens is 184 g/mol. The van der Waals surface area contributed by atoms with Crippen molar-refractivity contribution < 1.29 is 4.74 Å². The van der Waals surface area contributed by atoms with E-state index in [9.17, 15) is 0 Å². The van der Waals surface area contributed by atoms with Crippen LogP contribution in [-0.2, 0) is 0 Å². The first-order valence-corrected chi connectivity index (χ1v) is 5.08. The van der Waals surface area contributed by atoms with Crippen molar-refractivity contribution in [3.63, 3.8) is 0 Å². The molecule has 1 heterocycles. The number of hydrogen-bond acceptors (Lipinski definition) is 1. The van der Waals surface area contributed by atoms with Crippen LogP contribution in [0.25, 0.3) is 18.2 Å². The highest BCUT2D eigenvalue weighted by molar-refractivity contribution is 5.63. The molecule has 0 atom stereocenters. The number of hydrogen-bond donors (Lipinski definition) is 0. The normalized spacial score (nSPS) is 16.1. The van der Waals surface area contributed by atoms with Crippen molar-refractivity contribution in [2.75, 3.05) is 6.61 Å². The monoisotopic (exact) mass is 198 g/mol. The number of allylic oxidation sites excluding steroid dienone is 1. The predicted molar refractivity (Wildman–Crippen MR) is 65.0 cm³/mol. The van der Waals surface area contributed by atoms with Crippen molar-refractivity contribution >= 4 is 18.2 Å². The second kappa shape index (κ2) is 4.18. The van der Waals surface area contributed by atoms with E-state index >= 15 is 0 Å². The quantitative estimate of drug-likeness (QED) is 0.669. The van der Waals surface area contributed by atoms with Crippen molar-refractivity contribution in [2.24, 2.45) is 0 Å². The van der Waals surface area contributed by atoms with Gasteiger partial charge in [-0.05, 0) is 29.5 Å². The van der Waals surface area contributed by atoms with Crippen LogP contribution in [-0.4, -0.2) is 6.61 Å². The van der Waals surface area contributed by atoms with Crippen molar-refractivity contribution in [1.29, 1.82) is 0 Å². The Labute approximate surface area is 89.7 Å². The van der Waals surface area contributed by atoms with Crippen LogP contribution in [0.3, 0.4) is 0 Å². The van der Waals surface area contributed by atoms with Crippen LogP contribution in [0, 0.1) is 0 Å². The molecule has 0 radical (unpaired) electrons. The molecule has 0 spiro atoms. The van der Waals surface area contributed by atoms with Crippen molar-refractivity contribution in [3.05, 3.63) is 46.9 Å². The van der Waals surface area contributed by atoms with Crippen molar-refractivity contribution in [3.8, 4) is 5.75 Å². The minimum atomic E-state index is 0.662. The maximum Gasteiger partial charge on any atom is 0.127 e. The fraction of sp³-hybridized carbons (Fsp3) is 0.143. The minimum Gasteiger partial charge on any atom is -0.489 e. The first kappa shape index (κ1) is 9.78. The Balaban J connectivity index is 2.85. The summed E-state index contributed by atoms with van der Waals surface area (Å²) in [5, 5.41) is 2.39. The smallest absolute Gasteiger partial charge is 0.127 e. The topological polar surface area (TPSA) is 9.23 Å². The lowest BCUT2D eigenvalue weighted by Gasteiger charge is -2.12. The molecule has 15 heavy (non-hydrogen) atoms. The highest BCUT2D eigenvalue weighted by Crippen LogP contribution is 2.17. The molecule has 2 rings (SSSR count). The molecule has 1 aromatic carbocycles. The van der Waals surface area contributed by atoms with Gasteiger partial charge in [0.05, 0.1) is 0 Å². The second-order valence-electron chi connectivity index (χ2n) is 3.38. The summed E-state index contributed by atoms with van der Waals surface area (Å²) in [4.78, 5) is 0. The summed E-state index contributed by atoms with van der Waals surface area (Å²) in [5.41, 5.74) is 1.15. The molecular formula is C14H14O. The molecule has 0 aromatic heterocycles. The van der Waals surface area contributed by atoms with Crippen molar-refractivity contribution in [1.82, 2.24) is 0 Å². The van der Waals surface area contributed by atoms with E-state index in [2.05, 4.69) is 24.8 Å². The SMILES string of the molecule is C=C/C=c1/c2c(cc/c1=C/C)OCC=C2. The summed E-state index contributed by atoms with van der Waals surface area (Å²) < 4.78 is 5.55. The van der Waals surface area contributed by atoms with E-state index in [0.717, 1.165) is 11.3 Å². The molecule has 0 unspecified atom stereocenters. The van der Waals surface area contributed by atoms with Crippen molar-refractivity contribution in [2.45, 2.75) is 6.92 Å². The summed E-state index contributed by atoms with van der Waals surface area (Å²) in [7, 11) is 0. The van der Waals surface area contributed by atoms with Gasteiger partial charge in [0.25, 0.3) is 0 Å². The molecule has 0 saturated carbocycles. The van der Waals surface area contributed by atoms with Gasteiger partial charge in [0.1, 0.15) is 12.4 Å². The van der Waals surface area contributed by atoms with Gasteiger partial charge in [0.15, 0.2) is 0 Å². The Bertz CT molecular complexity index is 521. The number of fused-ring (bicyclic) bond motifs is 1. The average molecular weight is 198 g/mol. The minimum absolute atomic E-state index is 0.662. The Morgan fingerprint density at radius 2 is 2.27 bits per heavy atom. The summed E-state index contributed by atoms with van der Waals surface area (Å²) >= 11 is 0. The van der Waals surface area contributed by atoms with Gasteiger partial charge in [-0.3, -0.25) is 0 Å². The lowest BCUT2D eigenvalue weighted by Crippen LogP contribution is -2.28. The fourth-order valence-electron chi connectivity index (χ4n) is 1.79. The van der Waals surface area contributed by atoms with E-state index in [0.29, 0.717) is 6.61 Å². The van der Waals surface area contributed by atoms with Gasteiger partial charge in [-0.15, -0.1) is 0 Å². The second-order valence-corrected chi connectivity index (χ2v) is 3.38. The Morgan fingerprint density at radius 1 is 1.40 bits per heavy atom. The fourth-order valence-corrected chi connectivity index (χ4v) is 1.79. The van der Waals surface area contributed by atoms with E-state index in [4.69, 9.17) is 4.74 Å². The van der Waals surface area contributed by atoms with E-state index in [1.54, 1.807) is 0 Å². The van der Waals surface area contributed by atoms with Gasteiger partial charge in [-0.1, -0.05) is 36.9 Å². The van der Waals surface area contributed by atoms with Crippen LogP contribution in [0.5, 0.6) is 5.75 Å². The molecule has 0 aliphatic carbocycles. The van der Waals surface area contributed by atoms with E-state index in [-0.39, 0.29) is 0 Å². The van der Waals surface area contributed by atoms with Crippen LogP contribution >= 0.6 is 0 Å². The molecule has 1 aliphatic rings. The molecule has 0 bridgehead atoms. The van der Waals surface area contributed by atoms with E-state index in [1.165, 1.54) is 10.4 Å². The first-order chi connectivity index (χ1) is 7.36. The van der Waals surface area contributed by atoms with Gasteiger partial charge in [0.2, 0.25) is 0 Å². The molecule has 0 saturated heterocycles. The van der Waals surface area contributed by atoms with Gasteiger partial charge < -0.3 is 4.74 Å². The molecule has 1 heteroatoms. The Kier molecular flexibility index (Phi) is 2.72. The van der Waals surface area contributed by atoms with Crippen LogP contribution in [0.2, 0.25) is 0 Å². The third-order valence-electron chi connectivity index (χ3n) is 2.50. The largest absolute Gasteiger partial charge is 0.489 e. The maximum absolute atomic E-state index is 5.55. The van der Waals surface area contributed by atoms with Crippen LogP contribution in [0.4, 0.5) is 0 Å². The van der Waals surface area contributed by atoms with Crippen LogP contribution in [0.1, 0.15) is 12.5 Å². The van der Waals surface area contributed by atoms with E-state index < -0.39 is 0 Å². The molecule has 76 valence electrons. The highest BCUT2D eigenvalue weighted by atomic mass is 16.5. The van der Waals surface area contributed by atoms with Gasteiger partial charge in [-0.25, -0.2) is 0 Å². The zero-order valence-electron chi connectivity index (χ0n) is 8.86. The first-order valence-electron chi connectivity index (χ1n) is 5.08.